The largest absolute Gasteiger partial charge is 0.334 e. The Balaban J connectivity index is 0.00000192. The van der Waals surface area contributed by atoms with E-state index in [0.717, 1.165) is 37.0 Å². The first-order valence-electron chi connectivity index (χ1n) is 8.15. The smallest absolute Gasteiger partial charge is 0.254 e. The predicted molar refractivity (Wildman–Crippen MR) is 98.3 cm³/mol. The van der Waals surface area contributed by atoms with Crippen molar-refractivity contribution in [1.29, 1.82) is 0 Å². The first-order chi connectivity index (χ1) is 10.6. The maximum absolute atomic E-state index is 13.0. The molecule has 4 heteroatoms. The first-order valence-corrected chi connectivity index (χ1v) is 8.15. The lowest BCUT2D eigenvalue weighted by molar-refractivity contribution is 0.0667. The average Bonchev–Trinajstić information content (AvgIpc) is 3.05. The summed E-state index contributed by atoms with van der Waals surface area (Å²) in [4.78, 5) is 15.1. The molecular weight excluding hydrogens is 308 g/mol. The van der Waals surface area contributed by atoms with Crippen LogP contribution in [0.25, 0.3) is 10.8 Å². The lowest BCUT2D eigenvalue weighted by Gasteiger charge is -2.30. The van der Waals surface area contributed by atoms with Crippen LogP contribution in [0.3, 0.4) is 0 Å². The third kappa shape index (κ3) is 4.04. The summed E-state index contributed by atoms with van der Waals surface area (Å²) in [7, 11) is 0. The molecule has 124 valence electrons. The molecule has 1 amide bonds. The van der Waals surface area contributed by atoms with Gasteiger partial charge in [0.2, 0.25) is 0 Å². The summed E-state index contributed by atoms with van der Waals surface area (Å²) >= 11 is 0. The van der Waals surface area contributed by atoms with Crippen molar-refractivity contribution in [2.24, 2.45) is 5.92 Å². The minimum atomic E-state index is 0. The van der Waals surface area contributed by atoms with E-state index >= 15 is 0 Å². The van der Waals surface area contributed by atoms with Crippen LogP contribution in [-0.4, -0.2) is 36.5 Å². The summed E-state index contributed by atoms with van der Waals surface area (Å²) in [6.07, 6.45) is 1.05. The molecule has 1 aliphatic rings. The van der Waals surface area contributed by atoms with Crippen molar-refractivity contribution >= 4 is 29.1 Å². The Labute approximate surface area is 144 Å². The Morgan fingerprint density at radius 1 is 1.22 bits per heavy atom. The van der Waals surface area contributed by atoms with Gasteiger partial charge in [-0.1, -0.05) is 44.2 Å². The van der Waals surface area contributed by atoms with E-state index in [2.05, 4.69) is 36.2 Å². The molecule has 3 rings (SSSR count). The number of hydrogen-bond donors (Lipinski definition) is 1. The van der Waals surface area contributed by atoms with Gasteiger partial charge in [0.25, 0.3) is 5.91 Å². The number of carbonyl (C=O) groups excluding carboxylic acids is 1. The van der Waals surface area contributed by atoms with E-state index in [1.54, 1.807) is 0 Å². The number of halogens is 1. The fraction of sp³-hybridized carbons (Fsp3) is 0.421. The van der Waals surface area contributed by atoms with Crippen LogP contribution in [0.4, 0.5) is 0 Å². The van der Waals surface area contributed by atoms with Gasteiger partial charge in [0, 0.05) is 24.7 Å². The van der Waals surface area contributed by atoms with Gasteiger partial charge in [-0.3, -0.25) is 4.79 Å². The monoisotopic (exact) mass is 332 g/mol. The van der Waals surface area contributed by atoms with Gasteiger partial charge < -0.3 is 10.2 Å². The molecule has 0 saturated carbocycles. The molecule has 1 aliphatic heterocycles. The fourth-order valence-corrected chi connectivity index (χ4v) is 3.18. The van der Waals surface area contributed by atoms with Crippen LogP contribution in [-0.2, 0) is 0 Å². The van der Waals surface area contributed by atoms with Crippen LogP contribution in [0.1, 0.15) is 30.6 Å². The second kappa shape index (κ2) is 7.80. The average molecular weight is 333 g/mol. The summed E-state index contributed by atoms with van der Waals surface area (Å²) in [5.74, 6) is 0.637. The van der Waals surface area contributed by atoms with Crippen LogP contribution in [0, 0.1) is 5.92 Å². The van der Waals surface area contributed by atoms with E-state index in [9.17, 15) is 4.79 Å². The Hall–Kier alpha value is -1.58. The molecule has 1 N–H and O–H groups in total. The molecule has 23 heavy (non-hydrogen) atoms. The van der Waals surface area contributed by atoms with E-state index in [1.165, 1.54) is 5.39 Å². The van der Waals surface area contributed by atoms with Gasteiger partial charge in [0.1, 0.15) is 0 Å². The van der Waals surface area contributed by atoms with Crippen molar-refractivity contribution in [1.82, 2.24) is 10.2 Å². The second-order valence-electron chi connectivity index (χ2n) is 6.56. The lowest BCUT2D eigenvalue weighted by atomic mass is 10.0. The summed E-state index contributed by atoms with van der Waals surface area (Å²) in [5, 5.41) is 5.67. The van der Waals surface area contributed by atoms with Crippen molar-refractivity contribution in [3.8, 4) is 0 Å². The second-order valence-corrected chi connectivity index (χ2v) is 6.56. The van der Waals surface area contributed by atoms with E-state index in [4.69, 9.17) is 0 Å². The van der Waals surface area contributed by atoms with E-state index < -0.39 is 0 Å². The molecule has 0 aromatic heterocycles. The van der Waals surface area contributed by atoms with Gasteiger partial charge in [0.15, 0.2) is 0 Å². The van der Waals surface area contributed by atoms with Crippen molar-refractivity contribution in [3.05, 3.63) is 48.0 Å². The summed E-state index contributed by atoms with van der Waals surface area (Å²) in [6, 6.07) is 14.5. The van der Waals surface area contributed by atoms with Crippen molar-refractivity contribution < 1.29 is 4.79 Å². The van der Waals surface area contributed by atoms with Gasteiger partial charge in [-0.25, -0.2) is 0 Å². The highest BCUT2D eigenvalue weighted by molar-refractivity contribution is 5.98. The van der Waals surface area contributed by atoms with Crippen LogP contribution in [0.2, 0.25) is 0 Å². The van der Waals surface area contributed by atoms with Gasteiger partial charge in [-0.15, -0.1) is 12.4 Å². The fourth-order valence-electron chi connectivity index (χ4n) is 3.18. The van der Waals surface area contributed by atoms with E-state index in [1.807, 2.05) is 30.3 Å². The summed E-state index contributed by atoms with van der Waals surface area (Å²) < 4.78 is 0. The standard InChI is InChI=1S/C19H24N2O.ClH/c1-14(2)13-21(18-9-10-20-12-18)19(22)17-8-7-15-5-3-4-6-16(15)11-17;/h3-8,11,14,18,20H,9-10,12-13H2,1-2H3;1H. The molecule has 1 heterocycles. The number of benzene rings is 2. The number of carbonyl (C=O) groups is 1. The van der Waals surface area contributed by atoms with Gasteiger partial charge in [-0.05, 0) is 41.8 Å². The van der Waals surface area contributed by atoms with Crippen LogP contribution < -0.4 is 5.32 Å². The Kier molecular flexibility index (Phi) is 6.03. The van der Waals surface area contributed by atoms with Crippen LogP contribution in [0.5, 0.6) is 0 Å². The number of nitrogens with zero attached hydrogens (tertiary/aromatic N) is 1. The quantitative estimate of drug-likeness (QED) is 0.925. The number of nitrogens with one attached hydrogen (secondary N) is 1. The number of rotatable bonds is 4. The van der Waals surface area contributed by atoms with Crippen molar-refractivity contribution in [2.75, 3.05) is 19.6 Å². The summed E-state index contributed by atoms with van der Waals surface area (Å²) in [5.41, 5.74) is 0.797. The molecule has 0 radical (unpaired) electrons. The highest BCUT2D eigenvalue weighted by Gasteiger charge is 2.27. The highest BCUT2D eigenvalue weighted by Crippen LogP contribution is 2.20. The Morgan fingerprint density at radius 3 is 2.61 bits per heavy atom. The zero-order chi connectivity index (χ0) is 15.5. The third-order valence-corrected chi connectivity index (χ3v) is 4.29. The molecule has 1 unspecified atom stereocenters. The first kappa shape index (κ1) is 17.8. The topological polar surface area (TPSA) is 32.3 Å². The third-order valence-electron chi connectivity index (χ3n) is 4.29. The molecule has 1 atom stereocenters. The van der Waals surface area contributed by atoms with Crippen molar-refractivity contribution in [3.63, 3.8) is 0 Å². The van der Waals surface area contributed by atoms with E-state index in [-0.39, 0.29) is 18.3 Å². The molecule has 2 aromatic rings. The zero-order valence-corrected chi connectivity index (χ0v) is 14.6. The normalized spacial score (nSPS) is 17.3. The Bertz CT molecular complexity index is 665. The molecule has 1 fully saturated rings. The molecule has 0 bridgehead atoms. The number of amides is 1. The van der Waals surface area contributed by atoms with Crippen LogP contribution >= 0.6 is 12.4 Å². The molecule has 1 saturated heterocycles. The Morgan fingerprint density at radius 2 is 1.96 bits per heavy atom. The number of fused-ring (bicyclic) bond motifs is 1. The number of hydrogen-bond acceptors (Lipinski definition) is 2. The maximum Gasteiger partial charge on any atom is 0.254 e. The minimum Gasteiger partial charge on any atom is -0.334 e. The molecule has 2 aromatic carbocycles. The van der Waals surface area contributed by atoms with Gasteiger partial charge in [0.05, 0.1) is 0 Å². The van der Waals surface area contributed by atoms with Crippen molar-refractivity contribution in [2.45, 2.75) is 26.3 Å². The predicted octanol–water partition coefficient (Wildman–Crippen LogP) is 3.72. The highest BCUT2D eigenvalue weighted by atomic mass is 35.5. The molecule has 0 aliphatic carbocycles. The van der Waals surface area contributed by atoms with Crippen LogP contribution in [0.15, 0.2) is 42.5 Å². The minimum absolute atomic E-state index is 0. The molecular formula is C19H25ClN2O. The molecule has 3 nitrogen and oxygen atoms in total. The summed E-state index contributed by atoms with van der Waals surface area (Å²) in [6.45, 7) is 7.07. The SMILES string of the molecule is CC(C)CN(C(=O)c1ccc2ccccc2c1)C1CCNC1.Cl. The lowest BCUT2D eigenvalue weighted by Crippen LogP contribution is -2.43. The zero-order valence-electron chi connectivity index (χ0n) is 13.8. The van der Waals surface area contributed by atoms with Gasteiger partial charge in [-0.2, -0.15) is 0 Å². The van der Waals surface area contributed by atoms with Gasteiger partial charge >= 0.3 is 0 Å². The van der Waals surface area contributed by atoms with E-state index in [0.29, 0.717) is 12.0 Å². The maximum atomic E-state index is 13.0. The molecule has 0 spiro atoms.